The van der Waals surface area contributed by atoms with Crippen LogP contribution in [0, 0.1) is 0 Å². The molecule has 2 heterocycles. The summed E-state index contributed by atoms with van der Waals surface area (Å²) in [4.78, 5) is 25.5. The number of alkyl halides is 1. The number of aromatic nitrogens is 2. The summed E-state index contributed by atoms with van der Waals surface area (Å²) in [6, 6.07) is 8.15. The van der Waals surface area contributed by atoms with Crippen LogP contribution in [0.3, 0.4) is 0 Å². The van der Waals surface area contributed by atoms with Gasteiger partial charge in [-0.25, -0.2) is 18.8 Å². The molecule has 0 aliphatic carbocycles. The quantitative estimate of drug-likeness (QED) is 0.247. The molecule has 1 aromatic carbocycles. The molecule has 0 radical (unpaired) electrons. The van der Waals surface area contributed by atoms with E-state index in [-0.39, 0.29) is 11.9 Å². The highest BCUT2D eigenvalue weighted by Crippen LogP contribution is 2.47. The van der Waals surface area contributed by atoms with Crippen molar-refractivity contribution in [1.82, 2.24) is 14.6 Å². The van der Waals surface area contributed by atoms with Gasteiger partial charge in [0, 0.05) is 12.3 Å². The van der Waals surface area contributed by atoms with Gasteiger partial charge >= 0.3 is 13.4 Å². The lowest BCUT2D eigenvalue weighted by Gasteiger charge is -2.28. The summed E-state index contributed by atoms with van der Waals surface area (Å²) >= 11 is 0. The normalized spacial score (nSPS) is 27.5. The number of nitrogens with one attached hydrogen (secondary N) is 2. The van der Waals surface area contributed by atoms with Gasteiger partial charge in [0.25, 0.3) is 5.56 Å². The molecule has 1 aliphatic heterocycles. The summed E-state index contributed by atoms with van der Waals surface area (Å²) in [5, 5.41) is 23.4. The number of aliphatic hydroxyl groups is 2. The van der Waals surface area contributed by atoms with Crippen molar-refractivity contribution in [2.24, 2.45) is 0 Å². The predicted molar refractivity (Wildman–Crippen MR) is 126 cm³/mol. The molecule has 3 rings (SSSR count). The Morgan fingerprint density at radius 3 is 2.53 bits per heavy atom. The molecule has 1 aliphatic rings. The highest BCUT2D eigenvalue weighted by atomic mass is 31.2. The molecule has 0 bridgehead atoms. The van der Waals surface area contributed by atoms with Crippen molar-refractivity contribution in [3.63, 3.8) is 0 Å². The summed E-state index contributed by atoms with van der Waals surface area (Å²) in [6.07, 6.45) is -5.41. The van der Waals surface area contributed by atoms with Crippen molar-refractivity contribution in [1.29, 1.82) is 0 Å². The Morgan fingerprint density at radius 1 is 1.25 bits per heavy atom. The van der Waals surface area contributed by atoms with E-state index in [9.17, 15) is 24.4 Å². The van der Waals surface area contributed by atoms with Crippen LogP contribution in [0.25, 0.3) is 0 Å². The lowest BCUT2D eigenvalue weighted by Crippen LogP contribution is -2.44. The van der Waals surface area contributed by atoms with E-state index in [4.69, 9.17) is 18.5 Å². The summed E-state index contributed by atoms with van der Waals surface area (Å²) in [7, 11) is -4.24. The van der Waals surface area contributed by atoms with Crippen molar-refractivity contribution in [3.8, 4) is 5.75 Å². The SMILES string of the molecule is CC(C)OC(O)[C@H](C)N[P@](=O)(OC[C@H]1O[C@@H](n2ccc(=O)[nH]c2=O)[C@](C)(F)[C@@H]1O)Oc1ccccc1. The van der Waals surface area contributed by atoms with E-state index in [0.717, 1.165) is 23.8 Å². The number of aliphatic hydroxyl groups excluding tert-OH is 2. The summed E-state index contributed by atoms with van der Waals surface area (Å²) in [5.74, 6) is 0.181. The van der Waals surface area contributed by atoms with Crippen molar-refractivity contribution in [2.45, 2.75) is 70.2 Å². The minimum Gasteiger partial charge on any atom is -0.413 e. The van der Waals surface area contributed by atoms with Gasteiger partial charge in [-0.1, -0.05) is 18.2 Å². The van der Waals surface area contributed by atoms with E-state index >= 15 is 4.39 Å². The lowest BCUT2D eigenvalue weighted by atomic mass is 9.98. The van der Waals surface area contributed by atoms with Crippen LogP contribution in [0.5, 0.6) is 5.75 Å². The van der Waals surface area contributed by atoms with Crippen molar-refractivity contribution in [2.75, 3.05) is 6.61 Å². The molecule has 36 heavy (non-hydrogen) atoms. The van der Waals surface area contributed by atoms with Gasteiger partial charge in [-0.2, -0.15) is 0 Å². The monoisotopic (exact) mass is 531 g/mol. The second-order valence-electron chi connectivity index (χ2n) is 8.83. The number of aromatic amines is 1. The summed E-state index contributed by atoms with van der Waals surface area (Å²) in [6.45, 7) is 5.34. The fourth-order valence-electron chi connectivity index (χ4n) is 3.55. The number of para-hydroxylation sites is 1. The highest BCUT2D eigenvalue weighted by Gasteiger charge is 2.55. The van der Waals surface area contributed by atoms with E-state index in [1.54, 1.807) is 32.0 Å². The number of benzene rings is 1. The molecule has 2 aromatic rings. The number of nitrogens with zero attached hydrogens (tertiary/aromatic N) is 1. The third-order valence-corrected chi connectivity index (χ3v) is 7.06. The van der Waals surface area contributed by atoms with Gasteiger partial charge < -0.3 is 24.2 Å². The molecule has 1 fully saturated rings. The molecule has 1 unspecified atom stereocenters. The van der Waals surface area contributed by atoms with Crippen LogP contribution in [-0.2, 0) is 18.6 Å². The predicted octanol–water partition coefficient (Wildman–Crippen LogP) is 1.45. The molecule has 7 atom stereocenters. The van der Waals surface area contributed by atoms with Gasteiger partial charge in [0.15, 0.2) is 18.2 Å². The van der Waals surface area contributed by atoms with Crippen LogP contribution in [0.1, 0.15) is 33.9 Å². The molecular weight excluding hydrogens is 500 g/mol. The first kappa shape index (κ1) is 28.2. The first-order chi connectivity index (χ1) is 16.8. The first-order valence-electron chi connectivity index (χ1n) is 11.3. The van der Waals surface area contributed by atoms with Gasteiger partial charge in [-0.15, -0.1) is 0 Å². The lowest BCUT2D eigenvalue weighted by molar-refractivity contribution is -0.138. The Morgan fingerprint density at radius 2 is 1.92 bits per heavy atom. The Labute approximate surface area is 206 Å². The molecule has 0 saturated carbocycles. The number of rotatable bonds is 11. The molecule has 12 nitrogen and oxygen atoms in total. The maximum Gasteiger partial charge on any atom is 0.459 e. The summed E-state index contributed by atoms with van der Waals surface area (Å²) in [5.41, 5.74) is -4.08. The van der Waals surface area contributed by atoms with Crippen LogP contribution >= 0.6 is 7.75 Å². The minimum atomic E-state index is -4.24. The van der Waals surface area contributed by atoms with Crippen molar-refractivity contribution in [3.05, 3.63) is 63.4 Å². The van der Waals surface area contributed by atoms with Crippen molar-refractivity contribution < 1.29 is 37.7 Å². The largest absolute Gasteiger partial charge is 0.459 e. The average molecular weight is 531 g/mol. The van der Waals surface area contributed by atoms with E-state index in [2.05, 4.69) is 5.09 Å². The maximum absolute atomic E-state index is 15.4. The number of hydrogen-bond acceptors (Lipinski definition) is 9. The molecule has 0 amide bonds. The van der Waals surface area contributed by atoms with Gasteiger partial charge in [-0.05, 0) is 39.8 Å². The number of halogens is 1. The van der Waals surface area contributed by atoms with E-state index < -0.39 is 62.0 Å². The van der Waals surface area contributed by atoms with Gasteiger partial charge in [-0.3, -0.25) is 18.9 Å². The fourth-order valence-corrected chi connectivity index (χ4v) is 5.10. The number of H-pyrrole nitrogens is 1. The van der Waals surface area contributed by atoms with E-state index in [0.29, 0.717) is 0 Å². The van der Waals surface area contributed by atoms with Crippen LogP contribution in [0.2, 0.25) is 0 Å². The smallest absolute Gasteiger partial charge is 0.413 e. The second-order valence-corrected chi connectivity index (χ2v) is 10.5. The van der Waals surface area contributed by atoms with Crippen molar-refractivity contribution >= 4 is 7.75 Å². The Kier molecular flexibility index (Phi) is 8.88. The van der Waals surface area contributed by atoms with Crippen LogP contribution in [-0.4, -0.2) is 62.7 Å². The zero-order chi connectivity index (χ0) is 26.7. The highest BCUT2D eigenvalue weighted by molar-refractivity contribution is 7.52. The Bertz CT molecular complexity index is 1170. The molecule has 200 valence electrons. The van der Waals surface area contributed by atoms with Gasteiger partial charge in [0.2, 0.25) is 0 Å². The van der Waals surface area contributed by atoms with Gasteiger partial charge in [0.05, 0.1) is 18.8 Å². The third kappa shape index (κ3) is 6.68. The average Bonchev–Trinajstić information content (AvgIpc) is 3.01. The maximum atomic E-state index is 15.4. The number of ether oxygens (including phenoxy) is 2. The molecule has 14 heteroatoms. The second kappa shape index (κ2) is 11.3. The van der Waals surface area contributed by atoms with Gasteiger partial charge in [0.1, 0.15) is 18.0 Å². The number of hydrogen-bond donors (Lipinski definition) is 4. The molecular formula is C22H31FN3O9P. The first-order valence-corrected chi connectivity index (χ1v) is 12.8. The Hall–Kier alpha value is -2.38. The third-order valence-electron chi connectivity index (χ3n) is 5.40. The van der Waals surface area contributed by atoms with Crippen LogP contribution in [0.4, 0.5) is 4.39 Å². The molecule has 1 aromatic heterocycles. The molecule has 4 N–H and O–H groups in total. The topological polar surface area (TPSA) is 161 Å². The zero-order valence-corrected chi connectivity index (χ0v) is 21.1. The minimum absolute atomic E-state index is 0.181. The zero-order valence-electron chi connectivity index (χ0n) is 20.2. The van der Waals surface area contributed by atoms with E-state index in [1.165, 1.54) is 19.1 Å². The van der Waals surface area contributed by atoms with Crippen LogP contribution < -0.4 is 20.9 Å². The Balaban J connectivity index is 1.79. The fraction of sp³-hybridized carbons (Fsp3) is 0.545. The van der Waals surface area contributed by atoms with E-state index in [1.807, 2.05) is 4.98 Å². The summed E-state index contributed by atoms with van der Waals surface area (Å²) < 4.78 is 51.7. The van der Waals surface area contributed by atoms with Crippen LogP contribution in [0.15, 0.2) is 52.2 Å². The standard InChI is InChI=1S/C22H31FN3O9P/c1-13(2)33-19(29)14(3)25-36(31,35-15-8-6-5-7-9-15)32-12-16-18(28)22(4,23)20(34-16)26-11-10-17(27)24-21(26)30/h5-11,13-14,16,18-20,28-29H,12H2,1-4H3,(H,25,31)(H,24,27,30)/t14-,16+,18+,19?,20+,22+,36-/m0/s1. The molecule has 1 saturated heterocycles. The molecule has 0 spiro atoms.